The molecular formula is C9H8ClF. The second kappa shape index (κ2) is 3.54. The van der Waals surface area contributed by atoms with Gasteiger partial charge >= 0.3 is 0 Å². The van der Waals surface area contributed by atoms with Gasteiger partial charge in [0, 0.05) is 5.56 Å². The van der Waals surface area contributed by atoms with Gasteiger partial charge in [-0.1, -0.05) is 29.8 Å². The lowest BCUT2D eigenvalue weighted by Crippen LogP contribution is -1.81. The highest BCUT2D eigenvalue weighted by Gasteiger charge is 2.00. The van der Waals surface area contributed by atoms with Crippen molar-refractivity contribution in [2.75, 3.05) is 0 Å². The highest BCUT2D eigenvalue weighted by molar-refractivity contribution is 6.32. The largest absolute Gasteiger partial charge is 0.206 e. The Morgan fingerprint density at radius 3 is 2.73 bits per heavy atom. The Kier molecular flexibility index (Phi) is 2.66. The van der Waals surface area contributed by atoms with Gasteiger partial charge in [-0.25, -0.2) is 4.39 Å². The lowest BCUT2D eigenvalue weighted by atomic mass is 10.2. The minimum atomic E-state index is -0.282. The van der Waals surface area contributed by atoms with Crippen LogP contribution in [0, 0.1) is 5.82 Å². The Morgan fingerprint density at radius 1 is 1.45 bits per heavy atom. The molecule has 0 amide bonds. The maximum Gasteiger partial charge on any atom is 0.131 e. The summed E-state index contributed by atoms with van der Waals surface area (Å²) in [6, 6.07) is 4.64. The SMILES string of the molecule is CC=Cc1c(F)cccc1Cl. The highest BCUT2D eigenvalue weighted by Crippen LogP contribution is 2.19. The van der Waals surface area contributed by atoms with Crippen LogP contribution in [0.5, 0.6) is 0 Å². The number of benzene rings is 1. The topological polar surface area (TPSA) is 0 Å². The molecule has 0 unspecified atom stereocenters. The number of hydrogen-bond acceptors (Lipinski definition) is 0. The van der Waals surface area contributed by atoms with Crippen LogP contribution < -0.4 is 0 Å². The lowest BCUT2D eigenvalue weighted by Gasteiger charge is -1.97. The minimum absolute atomic E-state index is 0.282. The smallest absolute Gasteiger partial charge is 0.131 e. The van der Waals surface area contributed by atoms with Gasteiger partial charge in [-0.2, -0.15) is 0 Å². The molecule has 0 aliphatic heterocycles. The summed E-state index contributed by atoms with van der Waals surface area (Å²) in [5.41, 5.74) is 0.455. The van der Waals surface area contributed by atoms with E-state index in [2.05, 4.69) is 0 Å². The zero-order valence-electron chi connectivity index (χ0n) is 6.14. The molecule has 0 fully saturated rings. The first-order valence-electron chi connectivity index (χ1n) is 3.32. The fraction of sp³-hybridized carbons (Fsp3) is 0.111. The molecule has 0 nitrogen and oxygen atoms in total. The summed E-state index contributed by atoms with van der Waals surface area (Å²) in [5, 5.41) is 0.447. The summed E-state index contributed by atoms with van der Waals surface area (Å²) in [4.78, 5) is 0. The Labute approximate surface area is 70.3 Å². The van der Waals surface area contributed by atoms with Gasteiger partial charge in [-0.15, -0.1) is 0 Å². The summed E-state index contributed by atoms with van der Waals surface area (Å²) < 4.78 is 12.9. The molecule has 0 aliphatic rings. The summed E-state index contributed by atoms with van der Waals surface area (Å²) in [5.74, 6) is -0.282. The monoisotopic (exact) mass is 170 g/mol. The van der Waals surface area contributed by atoms with Crippen LogP contribution in [0.2, 0.25) is 5.02 Å². The first-order valence-corrected chi connectivity index (χ1v) is 3.70. The zero-order valence-corrected chi connectivity index (χ0v) is 6.90. The molecule has 2 heteroatoms. The van der Waals surface area contributed by atoms with Crippen LogP contribution in [-0.2, 0) is 0 Å². The normalized spacial score (nSPS) is 10.8. The zero-order chi connectivity index (χ0) is 8.27. The molecule has 11 heavy (non-hydrogen) atoms. The number of hydrogen-bond donors (Lipinski definition) is 0. The van der Waals surface area contributed by atoms with Gasteiger partial charge in [0.15, 0.2) is 0 Å². The molecular weight excluding hydrogens is 163 g/mol. The summed E-state index contributed by atoms with van der Waals surface area (Å²) in [6.45, 7) is 1.82. The maximum atomic E-state index is 12.9. The van der Waals surface area contributed by atoms with Crippen LogP contribution in [0.4, 0.5) is 4.39 Å². The minimum Gasteiger partial charge on any atom is -0.206 e. The van der Waals surface area contributed by atoms with Crippen molar-refractivity contribution in [1.82, 2.24) is 0 Å². The molecule has 0 aliphatic carbocycles. The summed E-state index contributed by atoms with van der Waals surface area (Å²) >= 11 is 5.72. The Bertz CT molecular complexity index is 259. The predicted molar refractivity (Wildman–Crippen MR) is 46.1 cm³/mol. The fourth-order valence-electron chi connectivity index (χ4n) is 0.837. The molecule has 0 aromatic heterocycles. The van der Waals surface area contributed by atoms with Crippen molar-refractivity contribution in [2.45, 2.75) is 6.92 Å². The van der Waals surface area contributed by atoms with Crippen molar-refractivity contribution in [1.29, 1.82) is 0 Å². The van der Waals surface area contributed by atoms with Gasteiger partial charge in [0.25, 0.3) is 0 Å². The van der Waals surface area contributed by atoms with Crippen molar-refractivity contribution in [3.05, 3.63) is 40.7 Å². The van der Waals surface area contributed by atoms with Gasteiger partial charge < -0.3 is 0 Å². The van der Waals surface area contributed by atoms with E-state index in [1.54, 1.807) is 24.3 Å². The van der Waals surface area contributed by atoms with Crippen LogP contribution in [0.3, 0.4) is 0 Å². The van der Waals surface area contributed by atoms with Crippen molar-refractivity contribution in [2.24, 2.45) is 0 Å². The molecule has 1 aromatic carbocycles. The van der Waals surface area contributed by atoms with Crippen molar-refractivity contribution in [3.8, 4) is 0 Å². The molecule has 0 saturated carbocycles. The van der Waals surface area contributed by atoms with E-state index in [0.717, 1.165) is 0 Å². The molecule has 0 bridgehead atoms. The first-order chi connectivity index (χ1) is 5.25. The van der Waals surface area contributed by atoms with E-state index in [9.17, 15) is 4.39 Å². The average Bonchev–Trinajstić information content (AvgIpc) is 1.97. The van der Waals surface area contributed by atoms with E-state index in [1.165, 1.54) is 6.07 Å². The molecule has 0 atom stereocenters. The molecule has 0 saturated heterocycles. The van der Waals surface area contributed by atoms with Crippen LogP contribution in [0.15, 0.2) is 24.3 Å². The second-order valence-electron chi connectivity index (χ2n) is 2.14. The predicted octanol–water partition coefficient (Wildman–Crippen LogP) is 3.51. The Morgan fingerprint density at radius 2 is 2.18 bits per heavy atom. The molecule has 0 N–H and O–H groups in total. The van der Waals surface area contributed by atoms with E-state index in [-0.39, 0.29) is 5.82 Å². The summed E-state index contributed by atoms with van der Waals surface area (Å²) in [7, 11) is 0. The average molecular weight is 171 g/mol. The molecule has 1 rings (SSSR count). The van der Waals surface area contributed by atoms with Crippen molar-refractivity contribution >= 4 is 17.7 Å². The standard InChI is InChI=1S/C9H8ClF/c1-2-4-7-8(10)5-3-6-9(7)11/h2-6H,1H3. The lowest BCUT2D eigenvalue weighted by molar-refractivity contribution is 0.625. The van der Waals surface area contributed by atoms with Gasteiger partial charge in [0.2, 0.25) is 0 Å². The van der Waals surface area contributed by atoms with Crippen LogP contribution in [-0.4, -0.2) is 0 Å². The third kappa shape index (κ3) is 1.81. The third-order valence-electron chi connectivity index (χ3n) is 1.33. The van der Waals surface area contributed by atoms with E-state index < -0.39 is 0 Å². The van der Waals surface area contributed by atoms with Crippen LogP contribution in [0.1, 0.15) is 12.5 Å². The number of rotatable bonds is 1. The molecule has 0 heterocycles. The molecule has 58 valence electrons. The fourth-order valence-corrected chi connectivity index (χ4v) is 1.06. The van der Waals surface area contributed by atoms with E-state index >= 15 is 0 Å². The Balaban J connectivity index is 3.20. The molecule has 0 spiro atoms. The van der Waals surface area contributed by atoms with Gasteiger partial charge in [0.1, 0.15) is 5.82 Å². The quantitative estimate of drug-likeness (QED) is 0.605. The Hall–Kier alpha value is -0.820. The van der Waals surface area contributed by atoms with Crippen LogP contribution >= 0.6 is 11.6 Å². The number of allylic oxidation sites excluding steroid dienone is 1. The number of halogens is 2. The van der Waals surface area contributed by atoms with Crippen LogP contribution in [0.25, 0.3) is 6.08 Å². The highest BCUT2D eigenvalue weighted by atomic mass is 35.5. The van der Waals surface area contributed by atoms with E-state index in [1.807, 2.05) is 6.92 Å². The van der Waals surface area contributed by atoms with Gasteiger partial charge in [-0.05, 0) is 19.1 Å². The second-order valence-corrected chi connectivity index (χ2v) is 2.54. The molecule has 1 aromatic rings. The maximum absolute atomic E-state index is 12.9. The van der Waals surface area contributed by atoms with Crippen molar-refractivity contribution < 1.29 is 4.39 Å². The van der Waals surface area contributed by atoms with Gasteiger partial charge in [0.05, 0.1) is 5.02 Å². The van der Waals surface area contributed by atoms with Crippen molar-refractivity contribution in [3.63, 3.8) is 0 Å². The summed E-state index contributed by atoms with van der Waals surface area (Å²) in [6.07, 6.45) is 3.40. The van der Waals surface area contributed by atoms with Gasteiger partial charge in [-0.3, -0.25) is 0 Å². The first kappa shape index (κ1) is 8.28. The van der Waals surface area contributed by atoms with E-state index in [0.29, 0.717) is 10.6 Å². The third-order valence-corrected chi connectivity index (χ3v) is 1.66. The molecule has 0 radical (unpaired) electrons. The van der Waals surface area contributed by atoms with E-state index in [4.69, 9.17) is 11.6 Å².